The van der Waals surface area contributed by atoms with E-state index < -0.39 is 10.1 Å². The average molecular weight is 734 g/mol. The number of amides is 1. The second-order valence-corrected chi connectivity index (χ2v) is 14.2. The Balaban J connectivity index is 0.000000324. The molecule has 13 heteroatoms. The Kier molecular flexibility index (Phi) is 11.4. The van der Waals surface area contributed by atoms with Crippen LogP contribution in [0.3, 0.4) is 0 Å². The maximum absolute atomic E-state index is 12.6. The molecule has 3 aromatic carbocycles. The zero-order chi connectivity index (χ0) is 30.8. The van der Waals surface area contributed by atoms with E-state index in [1.807, 2.05) is 50.2 Å². The van der Waals surface area contributed by atoms with E-state index in [1.165, 1.54) is 27.0 Å². The van der Waals surface area contributed by atoms with Crippen molar-refractivity contribution >= 4 is 42.7 Å². The number of benzene rings is 3. The summed E-state index contributed by atoms with van der Waals surface area (Å²) in [5, 5.41) is 3.35. The number of nitrogens with zero attached hydrogens (tertiary/aromatic N) is 2. The summed E-state index contributed by atoms with van der Waals surface area (Å²) in [5.74, 6) is 1.25. The molecule has 0 aliphatic carbocycles. The minimum absolute atomic E-state index is 0.178. The maximum Gasteiger partial charge on any atom is 0.359 e. The minimum Gasteiger partial charge on any atom is -0.744 e. The van der Waals surface area contributed by atoms with Gasteiger partial charge in [0.05, 0.1) is 28.4 Å². The average Bonchev–Trinajstić information content (AvgIpc) is 3.39. The van der Waals surface area contributed by atoms with E-state index in [9.17, 15) is 17.8 Å². The minimum atomic E-state index is -4.27. The fourth-order valence-corrected chi connectivity index (χ4v) is 6.87. The maximum atomic E-state index is 12.6. The van der Waals surface area contributed by atoms with Gasteiger partial charge in [0.25, 0.3) is 5.91 Å². The molecule has 0 bridgehead atoms. The van der Waals surface area contributed by atoms with Crippen LogP contribution in [0.25, 0.3) is 10.2 Å². The Morgan fingerprint density at radius 3 is 2.30 bits per heavy atom. The van der Waals surface area contributed by atoms with Crippen molar-refractivity contribution in [2.45, 2.75) is 18.7 Å². The van der Waals surface area contributed by atoms with Gasteiger partial charge < -0.3 is 18.8 Å². The number of ether oxygens (including phenoxy) is 3. The second-order valence-electron chi connectivity index (χ2n) is 8.74. The number of hydrogen-bond acceptors (Lipinski definition) is 10. The van der Waals surface area contributed by atoms with E-state index >= 15 is 0 Å². The van der Waals surface area contributed by atoms with Gasteiger partial charge in [0.2, 0.25) is 3.57 Å². The molecule has 10 nitrogen and oxygen atoms in total. The fraction of sp³-hybridized carbons (Fsp3) is 0.167. The van der Waals surface area contributed by atoms with Gasteiger partial charge in [-0.05, 0) is 80.6 Å². The Labute approximate surface area is 264 Å². The molecule has 2 aromatic heterocycles. The molecule has 0 aliphatic heterocycles. The summed E-state index contributed by atoms with van der Waals surface area (Å²) >= 11 is 1.01. The van der Waals surface area contributed by atoms with Crippen LogP contribution < -0.4 is 36.0 Å². The number of carbonyl (C=O) groups excluding carboxylic acids is 1. The summed E-state index contributed by atoms with van der Waals surface area (Å²) in [7, 11) is -2.62. The van der Waals surface area contributed by atoms with E-state index in [-0.39, 0.29) is 38.8 Å². The predicted molar refractivity (Wildman–Crippen MR) is 158 cm³/mol. The van der Waals surface area contributed by atoms with Crippen LogP contribution in [0.4, 0.5) is 5.13 Å². The monoisotopic (exact) mass is 733 g/mol. The van der Waals surface area contributed by atoms with Crippen LogP contribution in [0.2, 0.25) is 0 Å². The standard InChI is InChI=1S/C23H20IN3O4S.C7H8O3S/c1-3-30-14-31-18-9-11-19-21(12-18)32-23(26-19)27-22(28)20-10-6-16(13-25-20)24-15-4-7-17(29-2)8-5-15;1-6-2-4-7(5-3-6)11(8,9)10/h4-13H,3,14H2,1-2H3;2-5H,1H3,(H,8,9,10). The molecule has 43 heavy (non-hydrogen) atoms. The summed E-state index contributed by atoms with van der Waals surface area (Å²) in [6, 6.07) is 23.1. The summed E-state index contributed by atoms with van der Waals surface area (Å²) < 4.78 is 50.4. The van der Waals surface area contributed by atoms with E-state index in [4.69, 9.17) is 14.2 Å². The lowest BCUT2D eigenvalue weighted by Crippen LogP contribution is -3.61. The number of hydrogen-bond donors (Lipinski definition) is 1. The van der Waals surface area contributed by atoms with Gasteiger partial charge in [-0.2, -0.15) is 0 Å². The van der Waals surface area contributed by atoms with Gasteiger partial charge >= 0.3 is 21.2 Å². The SMILES string of the molecule is CCOCOc1ccc2nc(NC(=O)c3ccc([I+]c4ccc(OC)cc4)cn3)sc2c1.Cc1ccc(S(=O)(=O)[O-])cc1. The van der Waals surface area contributed by atoms with Crippen molar-refractivity contribution in [3.8, 4) is 11.5 Å². The molecule has 5 rings (SSSR count). The lowest BCUT2D eigenvalue weighted by atomic mass is 10.2. The van der Waals surface area contributed by atoms with Crippen molar-refractivity contribution in [3.05, 3.63) is 103 Å². The van der Waals surface area contributed by atoms with Gasteiger partial charge in [0, 0.05) is 6.61 Å². The largest absolute Gasteiger partial charge is 0.744 e. The number of nitrogens with one attached hydrogen (secondary N) is 1. The van der Waals surface area contributed by atoms with Crippen molar-refractivity contribution in [1.29, 1.82) is 0 Å². The highest BCUT2D eigenvalue weighted by molar-refractivity contribution is 7.85. The first-order chi connectivity index (χ1) is 20.6. The highest BCUT2D eigenvalue weighted by Gasteiger charge is 2.18. The van der Waals surface area contributed by atoms with Crippen molar-refractivity contribution < 1.29 is 53.2 Å². The summed E-state index contributed by atoms with van der Waals surface area (Å²) in [6.07, 6.45) is 1.77. The molecule has 0 aliphatic rings. The third kappa shape index (κ3) is 9.69. The number of halogens is 1. The van der Waals surface area contributed by atoms with Crippen molar-refractivity contribution in [1.82, 2.24) is 9.97 Å². The number of pyridine rings is 1. The van der Waals surface area contributed by atoms with Gasteiger partial charge in [-0.15, -0.1) is 0 Å². The van der Waals surface area contributed by atoms with E-state index in [1.54, 1.807) is 31.5 Å². The lowest BCUT2D eigenvalue weighted by Gasteiger charge is -2.05. The molecule has 2 heterocycles. The first-order valence-electron chi connectivity index (χ1n) is 12.8. The van der Waals surface area contributed by atoms with E-state index in [0.717, 1.165) is 25.1 Å². The third-order valence-electron chi connectivity index (χ3n) is 5.63. The zero-order valence-electron chi connectivity index (χ0n) is 23.4. The van der Waals surface area contributed by atoms with Gasteiger partial charge in [-0.25, -0.2) is 18.4 Å². The second kappa shape index (κ2) is 15.2. The highest BCUT2D eigenvalue weighted by atomic mass is 127. The van der Waals surface area contributed by atoms with Crippen LogP contribution in [0.15, 0.2) is 90.0 Å². The fourth-order valence-electron chi connectivity index (χ4n) is 3.43. The van der Waals surface area contributed by atoms with Gasteiger partial charge in [0.1, 0.15) is 27.3 Å². The Morgan fingerprint density at radius 1 is 0.977 bits per heavy atom. The molecule has 5 aromatic rings. The van der Waals surface area contributed by atoms with Crippen LogP contribution in [0.1, 0.15) is 23.0 Å². The van der Waals surface area contributed by atoms with Crippen LogP contribution in [0, 0.1) is 14.1 Å². The molecule has 0 radical (unpaired) electrons. The molecule has 1 amide bonds. The topological polar surface area (TPSA) is 140 Å². The van der Waals surface area contributed by atoms with E-state index in [2.05, 4.69) is 27.4 Å². The number of carbonyl (C=O) groups is 1. The molecule has 0 spiro atoms. The molecule has 0 atom stereocenters. The van der Waals surface area contributed by atoms with Crippen molar-refractivity contribution in [2.75, 3.05) is 25.8 Å². The number of methoxy groups -OCH3 is 1. The van der Waals surface area contributed by atoms with Crippen LogP contribution in [-0.2, 0) is 14.9 Å². The molecule has 0 saturated carbocycles. The number of anilines is 1. The number of aryl methyl sites for hydroxylation is 1. The number of thiazole rings is 1. The van der Waals surface area contributed by atoms with Gasteiger partial charge in [0.15, 0.2) is 15.5 Å². The number of rotatable bonds is 10. The van der Waals surface area contributed by atoms with Crippen LogP contribution in [-0.4, -0.2) is 49.4 Å². The smallest absolute Gasteiger partial charge is 0.359 e. The third-order valence-corrected chi connectivity index (χ3v) is 10.0. The number of fused-ring (bicyclic) bond motifs is 1. The highest BCUT2D eigenvalue weighted by Crippen LogP contribution is 2.29. The predicted octanol–water partition coefficient (Wildman–Crippen LogP) is 2.35. The molecule has 0 fully saturated rings. The molecular formula is C30H28IN3O7S2. The Bertz CT molecular complexity index is 1760. The van der Waals surface area contributed by atoms with Crippen LogP contribution in [0.5, 0.6) is 11.5 Å². The van der Waals surface area contributed by atoms with Crippen LogP contribution >= 0.6 is 11.3 Å². The first kappa shape index (κ1) is 32.3. The molecule has 1 N–H and O–H groups in total. The normalized spacial score (nSPS) is 11.0. The van der Waals surface area contributed by atoms with Gasteiger partial charge in [-0.3, -0.25) is 10.1 Å². The number of aromatic nitrogens is 2. The molecule has 0 unspecified atom stereocenters. The first-order valence-corrected chi connectivity index (χ1v) is 17.2. The molecular weight excluding hydrogens is 705 g/mol. The van der Waals surface area contributed by atoms with Crippen molar-refractivity contribution in [3.63, 3.8) is 0 Å². The Morgan fingerprint density at radius 2 is 1.67 bits per heavy atom. The summed E-state index contributed by atoms with van der Waals surface area (Å²) in [5.41, 5.74) is 2.08. The van der Waals surface area contributed by atoms with Crippen molar-refractivity contribution in [2.24, 2.45) is 0 Å². The quantitative estimate of drug-likeness (QED) is 0.0993. The summed E-state index contributed by atoms with van der Waals surface area (Å²) in [4.78, 5) is 21.3. The molecule has 224 valence electrons. The van der Waals surface area contributed by atoms with E-state index in [0.29, 0.717) is 23.2 Å². The Hall–Kier alpha value is -3.63. The van der Waals surface area contributed by atoms with Gasteiger partial charge in [-0.1, -0.05) is 29.0 Å². The molecule has 0 saturated heterocycles. The lowest BCUT2D eigenvalue weighted by molar-refractivity contribution is -0.597. The summed E-state index contributed by atoms with van der Waals surface area (Å²) in [6.45, 7) is 4.53. The zero-order valence-corrected chi connectivity index (χ0v) is 27.2.